The lowest BCUT2D eigenvalue weighted by Crippen LogP contribution is -2.51. The highest BCUT2D eigenvalue weighted by molar-refractivity contribution is 5.79. The fourth-order valence-electron chi connectivity index (χ4n) is 2.04. The number of carbonyl (C=O) groups is 1. The Bertz CT molecular complexity index is 215. The maximum absolute atomic E-state index is 12.0. The van der Waals surface area contributed by atoms with Crippen LogP contribution in [-0.2, 0) is 9.53 Å². The first-order chi connectivity index (χ1) is 7.66. The van der Waals surface area contributed by atoms with Gasteiger partial charge in [-0.25, -0.2) is 0 Å². The summed E-state index contributed by atoms with van der Waals surface area (Å²) in [5.74, 6) is 0.218. The Kier molecular flexibility index (Phi) is 5.77. The van der Waals surface area contributed by atoms with Gasteiger partial charge >= 0.3 is 0 Å². The number of amides is 1. The molecule has 0 atom stereocenters. The molecule has 0 spiro atoms. The van der Waals surface area contributed by atoms with Crippen LogP contribution in [0.1, 0.15) is 33.1 Å². The van der Waals surface area contributed by atoms with Crippen molar-refractivity contribution >= 4 is 5.91 Å². The zero-order valence-corrected chi connectivity index (χ0v) is 10.7. The van der Waals surface area contributed by atoms with Crippen LogP contribution in [0.25, 0.3) is 0 Å². The van der Waals surface area contributed by atoms with Crippen molar-refractivity contribution in [3.63, 3.8) is 0 Å². The third-order valence-electron chi connectivity index (χ3n) is 3.07. The first-order valence-electron chi connectivity index (χ1n) is 6.17. The van der Waals surface area contributed by atoms with E-state index in [1.165, 1.54) is 19.3 Å². The second-order valence-electron chi connectivity index (χ2n) is 4.65. The van der Waals surface area contributed by atoms with Gasteiger partial charge in [-0.3, -0.25) is 4.79 Å². The van der Waals surface area contributed by atoms with E-state index in [0.29, 0.717) is 25.2 Å². The number of methoxy groups -OCH3 is 1. The van der Waals surface area contributed by atoms with E-state index in [1.807, 2.05) is 4.90 Å². The fraction of sp³-hybridized carbons (Fsp3) is 0.917. The Labute approximate surface area is 98.3 Å². The lowest BCUT2D eigenvalue weighted by atomic mass is 9.90. The Hall–Kier alpha value is -0.610. The number of hydrogen-bond acceptors (Lipinski definition) is 3. The van der Waals surface area contributed by atoms with Crippen LogP contribution in [-0.4, -0.2) is 49.7 Å². The minimum absolute atomic E-state index is 0.218. The van der Waals surface area contributed by atoms with Crippen molar-refractivity contribution in [2.24, 2.45) is 0 Å². The van der Waals surface area contributed by atoms with E-state index in [-0.39, 0.29) is 5.91 Å². The van der Waals surface area contributed by atoms with E-state index < -0.39 is 0 Å². The molecular weight excluding hydrogens is 204 g/mol. The van der Waals surface area contributed by atoms with E-state index in [1.54, 1.807) is 7.11 Å². The summed E-state index contributed by atoms with van der Waals surface area (Å²) >= 11 is 0. The van der Waals surface area contributed by atoms with Gasteiger partial charge in [-0.2, -0.15) is 0 Å². The van der Waals surface area contributed by atoms with Crippen LogP contribution < -0.4 is 5.32 Å². The third kappa shape index (κ3) is 3.76. The number of hydrogen-bond donors (Lipinski definition) is 1. The predicted molar refractivity (Wildman–Crippen MR) is 64.4 cm³/mol. The van der Waals surface area contributed by atoms with Crippen molar-refractivity contribution in [1.29, 1.82) is 0 Å². The zero-order valence-electron chi connectivity index (χ0n) is 10.7. The molecule has 0 heterocycles. The molecule has 0 aromatic heterocycles. The number of nitrogens with one attached hydrogen (secondary N) is 1. The van der Waals surface area contributed by atoms with Gasteiger partial charge in [0, 0.05) is 25.7 Å². The second-order valence-corrected chi connectivity index (χ2v) is 4.65. The van der Waals surface area contributed by atoms with Gasteiger partial charge in [0.05, 0.1) is 13.2 Å². The van der Waals surface area contributed by atoms with Gasteiger partial charge in [-0.15, -0.1) is 0 Å². The SMILES string of the molecule is COCCNCC(=O)N(C(C)C)C1CCC1. The highest BCUT2D eigenvalue weighted by Crippen LogP contribution is 2.26. The minimum Gasteiger partial charge on any atom is -0.383 e. The molecule has 0 aromatic carbocycles. The minimum atomic E-state index is 0.218. The molecule has 0 bridgehead atoms. The van der Waals surface area contributed by atoms with Crippen LogP contribution in [0.2, 0.25) is 0 Å². The van der Waals surface area contributed by atoms with Crippen LogP contribution in [0.5, 0.6) is 0 Å². The molecule has 1 fully saturated rings. The molecule has 4 nitrogen and oxygen atoms in total. The fourth-order valence-corrected chi connectivity index (χ4v) is 2.04. The van der Waals surface area contributed by atoms with Crippen LogP contribution in [0, 0.1) is 0 Å². The molecule has 0 aromatic rings. The van der Waals surface area contributed by atoms with Gasteiger partial charge in [-0.1, -0.05) is 0 Å². The summed E-state index contributed by atoms with van der Waals surface area (Å²) in [5, 5.41) is 3.11. The van der Waals surface area contributed by atoms with Crippen molar-refractivity contribution in [1.82, 2.24) is 10.2 Å². The van der Waals surface area contributed by atoms with Crippen LogP contribution in [0.15, 0.2) is 0 Å². The molecule has 16 heavy (non-hydrogen) atoms. The van der Waals surface area contributed by atoms with Gasteiger partial charge in [-0.05, 0) is 33.1 Å². The maximum atomic E-state index is 12.0. The van der Waals surface area contributed by atoms with Crippen LogP contribution in [0.4, 0.5) is 0 Å². The van der Waals surface area contributed by atoms with Gasteiger partial charge in [0.1, 0.15) is 0 Å². The van der Waals surface area contributed by atoms with Gasteiger partial charge in [0.15, 0.2) is 0 Å². The average Bonchev–Trinajstić information content (AvgIpc) is 2.17. The lowest BCUT2D eigenvalue weighted by molar-refractivity contribution is -0.136. The molecule has 0 radical (unpaired) electrons. The molecule has 0 unspecified atom stereocenters. The molecule has 1 saturated carbocycles. The summed E-state index contributed by atoms with van der Waals surface area (Å²) in [6.07, 6.45) is 3.60. The van der Waals surface area contributed by atoms with Gasteiger partial charge in [0.25, 0.3) is 0 Å². The normalized spacial score (nSPS) is 16.2. The monoisotopic (exact) mass is 228 g/mol. The van der Waals surface area contributed by atoms with Crippen molar-refractivity contribution in [3.05, 3.63) is 0 Å². The highest BCUT2D eigenvalue weighted by atomic mass is 16.5. The molecule has 4 heteroatoms. The lowest BCUT2D eigenvalue weighted by Gasteiger charge is -2.40. The molecule has 1 aliphatic rings. The van der Waals surface area contributed by atoms with E-state index in [2.05, 4.69) is 19.2 Å². The summed E-state index contributed by atoms with van der Waals surface area (Å²) in [6, 6.07) is 0.791. The Morgan fingerprint density at radius 2 is 2.19 bits per heavy atom. The summed E-state index contributed by atoms with van der Waals surface area (Å²) in [6.45, 7) is 5.99. The van der Waals surface area contributed by atoms with Crippen LogP contribution in [0.3, 0.4) is 0 Å². The summed E-state index contributed by atoms with van der Waals surface area (Å²) in [4.78, 5) is 14.0. The average molecular weight is 228 g/mol. The molecule has 1 rings (SSSR count). The summed E-state index contributed by atoms with van der Waals surface area (Å²) in [5.41, 5.74) is 0. The maximum Gasteiger partial charge on any atom is 0.237 e. The predicted octanol–water partition coefficient (Wildman–Crippen LogP) is 1.01. The Balaban J connectivity index is 2.30. The first kappa shape index (κ1) is 13.5. The largest absolute Gasteiger partial charge is 0.383 e. The zero-order chi connectivity index (χ0) is 12.0. The Morgan fingerprint density at radius 1 is 1.50 bits per heavy atom. The molecule has 0 saturated heterocycles. The third-order valence-corrected chi connectivity index (χ3v) is 3.07. The van der Waals surface area contributed by atoms with E-state index in [4.69, 9.17) is 4.74 Å². The van der Waals surface area contributed by atoms with E-state index >= 15 is 0 Å². The van der Waals surface area contributed by atoms with Crippen LogP contribution >= 0.6 is 0 Å². The molecule has 1 aliphatic carbocycles. The Morgan fingerprint density at radius 3 is 2.62 bits per heavy atom. The van der Waals surface area contributed by atoms with Crippen molar-refractivity contribution in [3.8, 4) is 0 Å². The van der Waals surface area contributed by atoms with Gasteiger partial charge in [0.2, 0.25) is 5.91 Å². The molecule has 1 amide bonds. The quantitative estimate of drug-likeness (QED) is 0.661. The smallest absolute Gasteiger partial charge is 0.237 e. The number of nitrogens with zero attached hydrogens (tertiary/aromatic N) is 1. The summed E-state index contributed by atoms with van der Waals surface area (Å²) in [7, 11) is 1.66. The first-order valence-corrected chi connectivity index (χ1v) is 6.17. The van der Waals surface area contributed by atoms with E-state index in [9.17, 15) is 4.79 Å². The molecular formula is C12H24N2O2. The van der Waals surface area contributed by atoms with Crippen molar-refractivity contribution < 1.29 is 9.53 Å². The number of ether oxygens (including phenoxy) is 1. The summed E-state index contributed by atoms with van der Waals surface area (Å²) < 4.78 is 4.92. The number of rotatable bonds is 7. The molecule has 94 valence electrons. The molecule has 1 N–H and O–H groups in total. The topological polar surface area (TPSA) is 41.6 Å². The second kappa shape index (κ2) is 6.86. The van der Waals surface area contributed by atoms with E-state index in [0.717, 1.165) is 6.54 Å². The van der Waals surface area contributed by atoms with Crippen molar-refractivity contribution in [2.75, 3.05) is 26.8 Å². The van der Waals surface area contributed by atoms with Crippen molar-refractivity contribution in [2.45, 2.75) is 45.2 Å². The number of carbonyl (C=O) groups excluding carboxylic acids is 1. The van der Waals surface area contributed by atoms with Gasteiger partial charge < -0.3 is 15.0 Å². The molecule has 0 aliphatic heterocycles. The highest BCUT2D eigenvalue weighted by Gasteiger charge is 2.29. The standard InChI is InChI=1S/C12H24N2O2/c1-10(2)14(11-5-4-6-11)12(15)9-13-7-8-16-3/h10-11,13H,4-9H2,1-3H3.